The average Bonchev–Trinajstić information content (AvgIpc) is 2.83. The lowest BCUT2D eigenvalue weighted by Gasteiger charge is -2.07. The molecule has 1 N–H and O–H groups in total. The van der Waals surface area contributed by atoms with Gasteiger partial charge in [-0.3, -0.25) is 4.79 Å². The van der Waals surface area contributed by atoms with Crippen molar-refractivity contribution in [2.75, 3.05) is 5.32 Å². The van der Waals surface area contributed by atoms with E-state index in [4.69, 9.17) is 0 Å². The zero-order valence-corrected chi connectivity index (χ0v) is 13.8. The normalized spacial score (nSPS) is 10.7. The number of benzene rings is 1. The summed E-state index contributed by atoms with van der Waals surface area (Å²) in [6.45, 7) is 8.31. The molecule has 5 heteroatoms. The Bertz CT molecular complexity index is 626. The number of aryl methyl sites for hydroxylation is 3. The summed E-state index contributed by atoms with van der Waals surface area (Å²) < 4.78 is 0. The summed E-state index contributed by atoms with van der Waals surface area (Å²) >= 11 is 1.43. The van der Waals surface area contributed by atoms with E-state index in [1.54, 1.807) is 0 Å². The third kappa shape index (κ3) is 3.88. The van der Waals surface area contributed by atoms with Crippen LogP contribution in [-0.4, -0.2) is 16.1 Å². The number of carbonyl (C=O) groups is 1. The zero-order valence-electron chi connectivity index (χ0n) is 13.0. The molecule has 4 nitrogen and oxygen atoms in total. The fourth-order valence-corrected chi connectivity index (χ4v) is 3.35. The van der Waals surface area contributed by atoms with Gasteiger partial charge in [-0.2, -0.15) is 0 Å². The maximum atomic E-state index is 11.7. The second kappa shape index (κ2) is 6.80. The number of aromatic nitrogens is 2. The highest BCUT2D eigenvalue weighted by Gasteiger charge is 2.13. The van der Waals surface area contributed by atoms with E-state index in [1.807, 2.05) is 0 Å². The standard InChI is InChI=1S/C16H21N3OS/c1-5-6-7-13(20)17-16-19-18-15(21-16)14-11(3)8-10(2)9-12(14)4/h8-9H,5-7H2,1-4H3,(H,17,19,20). The Kier molecular flexibility index (Phi) is 5.07. The highest BCUT2D eigenvalue weighted by Crippen LogP contribution is 2.32. The van der Waals surface area contributed by atoms with Crippen molar-refractivity contribution in [3.63, 3.8) is 0 Å². The minimum atomic E-state index is 0.0110. The summed E-state index contributed by atoms with van der Waals surface area (Å²) in [5, 5.41) is 12.6. The number of carbonyl (C=O) groups excluding carboxylic acids is 1. The van der Waals surface area contributed by atoms with Crippen molar-refractivity contribution in [3.05, 3.63) is 28.8 Å². The number of hydrogen-bond donors (Lipinski definition) is 1. The van der Waals surface area contributed by atoms with E-state index in [1.165, 1.54) is 28.0 Å². The molecule has 2 aromatic rings. The summed E-state index contributed by atoms with van der Waals surface area (Å²) in [6.07, 6.45) is 2.44. The molecule has 1 aromatic heterocycles. The predicted molar refractivity (Wildman–Crippen MR) is 87.7 cm³/mol. The summed E-state index contributed by atoms with van der Waals surface area (Å²) in [5.74, 6) is 0.0110. The van der Waals surface area contributed by atoms with E-state index in [0.717, 1.165) is 23.4 Å². The lowest BCUT2D eigenvalue weighted by Crippen LogP contribution is -2.10. The molecule has 0 saturated carbocycles. The largest absolute Gasteiger partial charge is 0.301 e. The third-order valence-corrected chi connectivity index (χ3v) is 4.18. The van der Waals surface area contributed by atoms with Crippen LogP contribution in [0.15, 0.2) is 12.1 Å². The zero-order chi connectivity index (χ0) is 15.4. The quantitative estimate of drug-likeness (QED) is 0.898. The van der Waals surface area contributed by atoms with Crippen LogP contribution < -0.4 is 5.32 Å². The number of nitrogens with one attached hydrogen (secondary N) is 1. The van der Waals surface area contributed by atoms with Crippen molar-refractivity contribution < 1.29 is 4.79 Å². The van der Waals surface area contributed by atoms with Gasteiger partial charge in [0.25, 0.3) is 0 Å². The Labute approximate surface area is 129 Å². The fraction of sp³-hybridized carbons (Fsp3) is 0.438. The lowest BCUT2D eigenvalue weighted by molar-refractivity contribution is -0.116. The monoisotopic (exact) mass is 303 g/mol. The molecule has 0 unspecified atom stereocenters. The van der Waals surface area contributed by atoms with Gasteiger partial charge >= 0.3 is 0 Å². The molecule has 2 rings (SSSR count). The molecular weight excluding hydrogens is 282 g/mol. The lowest BCUT2D eigenvalue weighted by atomic mass is 10.0. The molecule has 0 saturated heterocycles. The van der Waals surface area contributed by atoms with Crippen LogP contribution in [0.4, 0.5) is 5.13 Å². The first-order chi connectivity index (χ1) is 10.0. The molecule has 1 heterocycles. The molecule has 0 aliphatic heterocycles. The summed E-state index contributed by atoms with van der Waals surface area (Å²) in [4.78, 5) is 11.7. The van der Waals surface area contributed by atoms with Gasteiger partial charge in [-0.15, -0.1) is 10.2 Å². The summed E-state index contributed by atoms with van der Waals surface area (Å²) in [5.41, 5.74) is 4.73. The van der Waals surface area contributed by atoms with Gasteiger partial charge < -0.3 is 5.32 Å². The second-order valence-corrected chi connectivity index (χ2v) is 6.32. The Morgan fingerprint density at radius 2 is 1.86 bits per heavy atom. The highest BCUT2D eigenvalue weighted by molar-refractivity contribution is 7.18. The van der Waals surface area contributed by atoms with E-state index < -0.39 is 0 Å². The van der Waals surface area contributed by atoms with Gasteiger partial charge in [0.1, 0.15) is 5.01 Å². The van der Waals surface area contributed by atoms with Gasteiger partial charge in [0.2, 0.25) is 11.0 Å². The smallest absolute Gasteiger partial charge is 0.226 e. The number of anilines is 1. The van der Waals surface area contributed by atoms with Crippen LogP contribution >= 0.6 is 11.3 Å². The first kappa shape index (κ1) is 15.6. The van der Waals surface area contributed by atoms with Gasteiger partial charge in [-0.25, -0.2) is 0 Å². The number of amides is 1. The third-order valence-electron chi connectivity index (χ3n) is 3.32. The van der Waals surface area contributed by atoms with Gasteiger partial charge in [0.15, 0.2) is 0 Å². The number of hydrogen-bond acceptors (Lipinski definition) is 4. The molecule has 21 heavy (non-hydrogen) atoms. The second-order valence-electron chi connectivity index (χ2n) is 5.34. The van der Waals surface area contributed by atoms with E-state index in [-0.39, 0.29) is 5.91 Å². The van der Waals surface area contributed by atoms with Crippen molar-refractivity contribution in [1.82, 2.24) is 10.2 Å². The molecule has 112 valence electrons. The van der Waals surface area contributed by atoms with Gasteiger partial charge in [0.05, 0.1) is 0 Å². The first-order valence-electron chi connectivity index (χ1n) is 7.22. The minimum Gasteiger partial charge on any atom is -0.301 e. The first-order valence-corrected chi connectivity index (χ1v) is 8.04. The van der Waals surface area contributed by atoms with Crippen LogP contribution in [0.2, 0.25) is 0 Å². The molecule has 0 bridgehead atoms. The van der Waals surface area contributed by atoms with Crippen LogP contribution in [0.3, 0.4) is 0 Å². The number of nitrogens with zero attached hydrogens (tertiary/aromatic N) is 2. The molecule has 0 aliphatic rings. The highest BCUT2D eigenvalue weighted by atomic mass is 32.1. The molecule has 0 atom stereocenters. The van der Waals surface area contributed by atoms with Gasteiger partial charge in [-0.1, -0.05) is 42.4 Å². The average molecular weight is 303 g/mol. The van der Waals surface area contributed by atoms with Crippen LogP contribution in [0.25, 0.3) is 10.6 Å². The molecule has 1 aromatic carbocycles. The van der Waals surface area contributed by atoms with Crippen LogP contribution in [0, 0.1) is 20.8 Å². The number of unbranched alkanes of at least 4 members (excludes halogenated alkanes) is 1. The summed E-state index contributed by atoms with van der Waals surface area (Å²) in [6, 6.07) is 4.28. The topological polar surface area (TPSA) is 54.9 Å². The van der Waals surface area contributed by atoms with Gasteiger partial charge in [0, 0.05) is 12.0 Å². The Balaban J connectivity index is 2.19. The number of rotatable bonds is 5. The maximum absolute atomic E-state index is 11.7. The van der Waals surface area contributed by atoms with Gasteiger partial charge in [-0.05, 0) is 38.3 Å². The molecule has 1 amide bonds. The van der Waals surface area contributed by atoms with E-state index in [0.29, 0.717) is 11.6 Å². The SMILES string of the molecule is CCCCC(=O)Nc1nnc(-c2c(C)cc(C)cc2C)s1. The Morgan fingerprint density at radius 3 is 2.48 bits per heavy atom. The fourth-order valence-electron chi connectivity index (χ4n) is 2.41. The van der Waals surface area contributed by atoms with Crippen molar-refractivity contribution in [3.8, 4) is 10.6 Å². The van der Waals surface area contributed by atoms with Crippen molar-refractivity contribution in [2.45, 2.75) is 47.0 Å². The van der Waals surface area contributed by atoms with Crippen molar-refractivity contribution in [1.29, 1.82) is 0 Å². The van der Waals surface area contributed by atoms with Crippen molar-refractivity contribution >= 4 is 22.4 Å². The van der Waals surface area contributed by atoms with Crippen LogP contribution in [0.1, 0.15) is 42.9 Å². The molecule has 0 spiro atoms. The summed E-state index contributed by atoms with van der Waals surface area (Å²) in [7, 11) is 0. The van der Waals surface area contributed by atoms with E-state index in [2.05, 4.69) is 55.3 Å². The van der Waals surface area contributed by atoms with Crippen LogP contribution in [0.5, 0.6) is 0 Å². The minimum absolute atomic E-state index is 0.0110. The molecule has 0 aliphatic carbocycles. The molecule has 0 radical (unpaired) electrons. The predicted octanol–water partition coefficient (Wildman–Crippen LogP) is 4.26. The molecule has 0 fully saturated rings. The van der Waals surface area contributed by atoms with E-state index in [9.17, 15) is 4.79 Å². The Morgan fingerprint density at radius 1 is 1.19 bits per heavy atom. The van der Waals surface area contributed by atoms with Crippen molar-refractivity contribution in [2.24, 2.45) is 0 Å². The van der Waals surface area contributed by atoms with Crippen LogP contribution in [-0.2, 0) is 4.79 Å². The Hall–Kier alpha value is -1.75. The maximum Gasteiger partial charge on any atom is 0.226 e. The molecular formula is C16H21N3OS. The van der Waals surface area contributed by atoms with E-state index >= 15 is 0 Å².